The van der Waals surface area contributed by atoms with Gasteiger partial charge in [-0.3, -0.25) is 9.48 Å². The smallest absolute Gasteiger partial charge is 0.408 e. The van der Waals surface area contributed by atoms with Gasteiger partial charge >= 0.3 is 6.18 Å². The van der Waals surface area contributed by atoms with Gasteiger partial charge in [0.15, 0.2) is 5.82 Å². The van der Waals surface area contributed by atoms with Crippen molar-refractivity contribution in [3.8, 4) is 5.75 Å². The van der Waals surface area contributed by atoms with Gasteiger partial charge in [0, 0.05) is 30.6 Å². The lowest BCUT2D eigenvalue weighted by Gasteiger charge is -2.20. The van der Waals surface area contributed by atoms with Crippen molar-refractivity contribution in [2.24, 2.45) is 5.92 Å². The Morgan fingerprint density at radius 2 is 2.07 bits per heavy atom. The number of rotatable bonds is 5. The summed E-state index contributed by atoms with van der Waals surface area (Å²) in [5.41, 5.74) is 0.257. The zero-order chi connectivity index (χ0) is 19.6. The summed E-state index contributed by atoms with van der Waals surface area (Å²) in [6, 6.07) is 4.79. The van der Waals surface area contributed by atoms with Crippen LogP contribution in [-0.4, -0.2) is 41.2 Å². The lowest BCUT2D eigenvalue weighted by Crippen LogP contribution is -2.28. The van der Waals surface area contributed by atoms with Gasteiger partial charge in [-0.25, -0.2) is 0 Å². The molecule has 1 aromatic heterocycles. The SMILES string of the molecule is CC(C)Oc1ccc2c(NC(=O)C3CCOCC3)nn(CC(F)(F)F)c2c1. The fraction of sp³-hybridized carbons (Fsp3) is 0.556. The molecule has 1 aromatic carbocycles. The van der Waals surface area contributed by atoms with Gasteiger partial charge in [-0.1, -0.05) is 0 Å². The van der Waals surface area contributed by atoms with Gasteiger partial charge in [0.25, 0.3) is 0 Å². The minimum atomic E-state index is -4.43. The van der Waals surface area contributed by atoms with E-state index in [0.29, 0.717) is 37.2 Å². The first-order valence-corrected chi connectivity index (χ1v) is 8.85. The number of halogens is 3. The van der Waals surface area contributed by atoms with Crippen LogP contribution < -0.4 is 10.1 Å². The molecule has 3 rings (SSSR count). The molecule has 0 radical (unpaired) electrons. The first-order chi connectivity index (χ1) is 12.7. The molecule has 27 heavy (non-hydrogen) atoms. The highest BCUT2D eigenvalue weighted by atomic mass is 19.4. The molecule has 0 spiro atoms. The van der Waals surface area contributed by atoms with Crippen molar-refractivity contribution >= 4 is 22.6 Å². The fourth-order valence-corrected chi connectivity index (χ4v) is 3.06. The molecule has 2 aromatic rings. The molecule has 1 saturated heterocycles. The molecule has 148 valence electrons. The van der Waals surface area contributed by atoms with Crippen LogP contribution in [0.2, 0.25) is 0 Å². The molecule has 9 heteroatoms. The summed E-state index contributed by atoms with van der Waals surface area (Å²) in [4.78, 5) is 12.5. The first-order valence-electron chi connectivity index (χ1n) is 8.85. The molecule has 1 aliphatic heterocycles. The molecule has 0 unspecified atom stereocenters. The number of hydrogen-bond donors (Lipinski definition) is 1. The average Bonchev–Trinajstić information content (AvgIpc) is 2.90. The summed E-state index contributed by atoms with van der Waals surface area (Å²) in [6.45, 7) is 3.41. The van der Waals surface area contributed by atoms with Crippen molar-refractivity contribution in [3.05, 3.63) is 18.2 Å². The minimum Gasteiger partial charge on any atom is -0.491 e. The van der Waals surface area contributed by atoms with Crippen LogP contribution in [0.3, 0.4) is 0 Å². The summed E-state index contributed by atoms with van der Waals surface area (Å²) >= 11 is 0. The number of carbonyl (C=O) groups is 1. The molecular formula is C18H22F3N3O3. The van der Waals surface area contributed by atoms with E-state index >= 15 is 0 Å². The van der Waals surface area contributed by atoms with Crippen molar-refractivity contribution < 1.29 is 27.4 Å². The highest BCUT2D eigenvalue weighted by Gasteiger charge is 2.31. The van der Waals surface area contributed by atoms with Gasteiger partial charge in [-0.05, 0) is 38.8 Å². The second-order valence-corrected chi connectivity index (χ2v) is 6.84. The molecule has 1 N–H and O–H groups in total. The van der Waals surface area contributed by atoms with Crippen LogP contribution in [0.4, 0.5) is 19.0 Å². The number of ether oxygens (including phenoxy) is 2. The molecule has 0 atom stereocenters. The van der Waals surface area contributed by atoms with Gasteiger partial charge in [0.1, 0.15) is 12.3 Å². The van der Waals surface area contributed by atoms with Gasteiger partial charge in [0.2, 0.25) is 5.91 Å². The molecule has 6 nitrogen and oxygen atoms in total. The molecule has 1 aliphatic rings. The topological polar surface area (TPSA) is 65.4 Å². The summed E-state index contributed by atoms with van der Waals surface area (Å²) < 4.78 is 50.5. The van der Waals surface area contributed by atoms with Crippen molar-refractivity contribution in [1.82, 2.24) is 9.78 Å². The van der Waals surface area contributed by atoms with Crippen LogP contribution in [-0.2, 0) is 16.1 Å². The quantitative estimate of drug-likeness (QED) is 0.851. The standard InChI is InChI=1S/C18H22F3N3O3/c1-11(2)27-13-3-4-14-15(9-13)24(10-18(19,20)21)23-16(14)22-17(25)12-5-7-26-8-6-12/h3-4,9,11-12H,5-8,10H2,1-2H3,(H,22,23,25). The van der Waals surface area contributed by atoms with Gasteiger partial charge in [-0.15, -0.1) is 0 Å². The number of aromatic nitrogens is 2. The van der Waals surface area contributed by atoms with Crippen molar-refractivity contribution in [1.29, 1.82) is 0 Å². The Hall–Kier alpha value is -2.29. The van der Waals surface area contributed by atoms with Crippen molar-refractivity contribution in [2.75, 3.05) is 18.5 Å². The predicted octanol–water partition coefficient (Wildman–Crippen LogP) is 3.75. The highest BCUT2D eigenvalue weighted by Crippen LogP contribution is 2.30. The number of amides is 1. The van der Waals surface area contributed by atoms with Crippen LogP contribution in [0.1, 0.15) is 26.7 Å². The molecule has 0 saturated carbocycles. The molecule has 1 fully saturated rings. The van der Waals surface area contributed by atoms with Crippen LogP contribution >= 0.6 is 0 Å². The van der Waals surface area contributed by atoms with E-state index in [-0.39, 0.29) is 29.3 Å². The first kappa shape index (κ1) is 19.5. The maximum Gasteiger partial charge on any atom is 0.408 e. The third-order valence-electron chi connectivity index (χ3n) is 4.26. The molecular weight excluding hydrogens is 363 g/mol. The van der Waals surface area contributed by atoms with Crippen molar-refractivity contribution in [3.63, 3.8) is 0 Å². The number of carbonyl (C=O) groups excluding carboxylic acids is 1. The Balaban J connectivity index is 1.93. The van der Waals surface area contributed by atoms with E-state index in [9.17, 15) is 18.0 Å². The van der Waals surface area contributed by atoms with E-state index in [2.05, 4.69) is 10.4 Å². The Kier molecular flexibility index (Phi) is 5.59. The number of benzene rings is 1. The number of fused-ring (bicyclic) bond motifs is 1. The Morgan fingerprint density at radius 3 is 2.70 bits per heavy atom. The third kappa shape index (κ3) is 4.91. The molecule has 0 aliphatic carbocycles. The lowest BCUT2D eigenvalue weighted by atomic mass is 9.99. The predicted molar refractivity (Wildman–Crippen MR) is 93.7 cm³/mol. The number of alkyl halides is 3. The van der Waals surface area contributed by atoms with Crippen LogP contribution in [0.5, 0.6) is 5.75 Å². The number of hydrogen-bond acceptors (Lipinski definition) is 4. The van der Waals surface area contributed by atoms with Gasteiger partial charge < -0.3 is 14.8 Å². The summed E-state index contributed by atoms with van der Waals surface area (Å²) in [5, 5.41) is 7.13. The van der Waals surface area contributed by atoms with Gasteiger partial charge in [0.05, 0.1) is 11.6 Å². The Bertz CT molecular complexity index is 811. The zero-order valence-corrected chi connectivity index (χ0v) is 15.2. The highest BCUT2D eigenvalue weighted by molar-refractivity contribution is 6.01. The van der Waals surface area contributed by atoms with E-state index in [1.165, 1.54) is 6.07 Å². The van der Waals surface area contributed by atoms with E-state index in [0.717, 1.165) is 4.68 Å². The summed E-state index contributed by atoms with van der Waals surface area (Å²) in [5.74, 6) is 0.0921. The van der Waals surface area contributed by atoms with Crippen LogP contribution in [0, 0.1) is 5.92 Å². The minimum absolute atomic E-state index is 0.117. The number of nitrogens with one attached hydrogen (secondary N) is 1. The van der Waals surface area contributed by atoms with Gasteiger partial charge in [-0.2, -0.15) is 18.3 Å². The monoisotopic (exact) mass is 385 g/mol. The Labute approximate surface area is 154 Å². The van der Waals surface area contributed by atoms with E-state index in [1.807, 2.05) is 13.8 Å². The number of nitrogens with zero attached hydrogens (tertiary/aromatic N) is 2. The summed E-state index contributed by atoms with van der Waals surface area (Å²) in [7, 11) is 0. The zero-order valence-electron chi connectivity index (χ0n) is 15.2. The fourth-order valence-electron chi connectivity index (χ4n) is 3.06. The lowest BCUT2D eigenvalue weighted by molar-refractivity contribution is -0.141. The molecule has 0 bridgehead atoms. The average molecular weight is 385 g/mol. The van der Waals surface area contributed by atoms with E-state index < -0.39 is 12.7 Å². The molecule has 1 amide bonds. The number of anilines is 1. The largest absolute Gasteiger partial charge is 0.491 e. The van der Waals surface area contributed by atoms with Crippen molar-refractivity contribution in [2.45, 2.75) is 45.5 Å². The Morgan fingerprint density at radius 1 is 1.37 bits per heavy atom. The maximum atomic E-state index is 12.9. The summed E-state index contributed by atoms with van der Waals surface area (Å²) in [6.07, 6.45) is -3.39. The van der Waals surface area contributed by atoms with Crippen LogP contribution in [0.15, 0.2) is 18.2 Å². The second kappa shape index (κ2) is 7.75. The molecule has 2 heterocycles. The third-order valence-corrected chi connectivity index (χ3v) is 4.26. The van der Waals surface area contributed by atoms with Crippen LogP contribution in [0.25, 0.3) is 10.9 Å². The normalized spacial score (nSPS) is 16.1. The maximum absolute atomic E-state index is 12.9. The van der Waals surface area contributed by atoms with E-state index in [4.69, 9.17) is 9.47 Å². The van der Waals surface area contributed by atoms with E-state index in [1.54, 1.807) is 12.1 Å². The second-order valence-electron chi connectivity index (χ2n) is 6.84.